The van der Waals surface area contributed by atoms with Crippen LogP contribution in [-0.4, -0.2) is 9.78 Å². The van der Waals surface area contributed by atoms with Crippen LogP contribution >= 0.6 is 0 Å². The summed E-state index contributed by atoms with van der Waals surface area (Å²) in [5.74, 6) is 0. The largest absolute Gasteiger partial charge is 0.286 e. The lowest BCUT2D eigenvalue weighted by Gasteiger charge is -2.27. The first-order chi connectivity index (χ1) is 6.36. The molecule has 0 atom stereocenters. The van der Waals surface area contributed by atoms with E-state index in [-0.39, 0.29) is 5.56 Å². The molecule has 2 aliphatic rings. The predicted molar refractivity (Wildman–Crippen MR) is 50.0 cm³/mol. The molecule has 1 saturated carbocycles. The van der Waals surface area contributed by atoms with Gasteiger partial charge in [0.05, 0.1) is 6.04 Å². The molecular weight excluding hydrogens is 164 g/mol. The highest BCUT2D eigenvalue weighted by atomic mass is 16.1. The van der Waals surface area contributed by atoms with E-state index in [4.69, 9.17) is 0 Å². The molecule has 1 aromatic heterocycles. The van der Waals surface area contributed by atoms with Crippen molar-refractivity contribution in [1.29, 1.82) is 0 Å². The second-order valence-electron chi connectivity index (χ2n) is 4.17. The average Bonchev–Trinajstić information content (AvgIpc) is 2.53. The zero-order chi connectivity index (χ0) is 8.84. The molecule has 1 heterocycles. The molecule has 0 unspecified atom stereocenters. The Balaban J connectivity index is 2.09. The summed E-state index contributed by atoms with van der Waals surface area (Å²) >= 11 is 0. The maximum Gasteiger partial charge on any atom is 0.267 e. The van der Waals surface area contributed by atoms with Crippen LogP contribution in [0, 0.1) is 0 Å². The van der Waals surface area contributed by atoms with Crippen LogP contribution < -0.4 is 5.56 Å². The van der Waals surface area contributed by atoms with Gasteiger partial charge in [0.2, 0.25) is 0 Å². The van der Waals surface area contributed by atoms with E-state index < -0.39 is 0 Å². The minimum atomic E-state index is 0.166. The molecule has 3 nitrogen and oxygen atoms in total. The Labute approximate surface area is 76.7 Å². The van der Waals surface area contributed by atoms with Crippen molar-refractivity contribution in [1.82, 2.24) is 9.78 Å². The van der Waals surface area contributed by atoms with Gasteiger partial charge in [-0.3, -0.25) is 14.6 Å². The Morgan fingerprint density at radius 2 is 2.08 bits per heavy atom. The van der Waals surface area contributed by atoms with Gasteiger partial charge < -0.3 is 0 Å². The predicted octanol–water partition coefficient (Wildman–Crippen LogP) is 1.39. The van der Waals surface area contributed by atoms with Gasteiger partial charge in [-0.05, 0) is 38.5 Å². The highest BCUT2D eigenvalue weighted by Gasteiger charge is 2.27. The lowest BCUT2D eigenvalue weighted by atomic mass is 9.93. The number of nitrogens with zero attached hydrogens (tertiary/aromatic N) is 1. The molecular formula is C10H14N2O. The van der Waals surface area contributed by atoms with E-state index in [0.29, 0.717) is 6.04 Å². The molecule has 13 heavy (non-hydrogen) atoms. The Kier molecular flexibility index (Phi) is 1.43. The number of hydrogen-bond donors (Lipinski definition) is 1. The lowest BCUT2D eigenvalue weighted by Crippen LogP contribution is -2.21. The summed E-state index contributed by atoms with van der Waals surface area (Å²) in [6.07, 6.45) is 7.07. The van der Waals surface area contributed by atoms with Crippen molar-refractivity contribution in [2.75, 3.05) is 0 Å². The number of aromatic nitrogens is 2. The SMILES string of the molecule is O=c1[nH]n(C2CCC2)c2c1CCC2. The highest BCUT2D eigenvalue weighted by Crippen LogP contribution is 2.33. The van der Waals surface area contributed by atoms with Crippen molar-refractivity contribution in [3.05, 3.63) is 21.6 Å². The van der Waals surface area contributed by atoms with Gasteiger partial charge in [-0.15, -0.1) is 0 Å². The summed E-state index contributed by atoms with van der Waals surface area (Å²) in [7, 11) is 0. The van der Waals surface area contributed by atoms with Crippen LogP contribution in [-0.2, 0) is 12.8 Å². The Morgan fingerprint density at radius 1 is 1.23 bits per heavy atom. The van der Waals surface area contributed by atoms with Crippen molar-refractivity contribution in [2.24, 2.45) is 0 Å². The van der Waals surface area contributed by atoms with E-state index in [9.17, 15) is 4.79 Å². The fraction of sp³-hybridized carbons (Fsp3) is 0.700. The third-order valence-electron chi connectivity index (χ3n) is 3.42. The Hall–Kier alpha value is -0.990. The molecule has 0 aliphatic heterocycles. The van der Waals surface area contributed by atoms with E-state index in [1.807, 2.05) is 0 Å². The first kappa shape index (κ1) is 7.42. The third-order valence-corrected chi connectivity index (χ3v) is 3.42. The molecule has 1 fully saturated rings. The molecule has 1 aromatic rings. The molecule has 0 radical (unpaired) electrons. The average molecular weight is 178 g/mol. The van der Waals surface area contributed by atoms with Crippen molar-refractivity contribution < 1.29 is 0 Å². The second-order valence-corrected chi connectivity index (χ2v) is 4.17. The standard InChI is InChI=1S/C10H14N2O/c13-10-8-5-2-6-9(8)12(11-10)7-3-1-4-7/h7H,1-6H2,(H,11,13). The molecule has 0 saturated heterocycles. The van der Waals surface area contributed by atoms with Gasteiger partial charge in [0.25, 0.3) is 5.56 Å². The maximum atomic E-state index is 11.5. The topological polar surface area (TPSA) is 37.8 Å². The summed E-state index contributed by atoms with van der Waals surface area (Å²) in [6.45, 7) is 0. The second kappa shape index (κ2) is 2.50. The van der Waals surface area contributed by atoms with Crippen LogP contribution in [0.1, 0.15) is 43.0 Å². The molecule has 1 N–H and O–H groups in total. The van der Waals surface area contributed by atoms with Gasteiger partial charge >= 0.3 is 0 Å². The number of fused-ring (bicyclic) bond motifs is 1. The molecule has 0 aromatic carbocycles. The van der Waals surface area contributed by atoms with E-state index in [1.54, 1.807) is 0 Å². The van der Waals surface area contributed by atoms with Crippen LogP contribution in [0.2, 0.25) is 0 Å². The molecule has 2 aliphatic carbocycles. The van der Waals surface area contributed by atoms with Gasteiger partial charge in [-0.25, -0.2) is 0 Å². The van der Waals surface area contributed by atoms with Crippen molar-refractivity contribution in [3.8, 4) is 0 Å². The smallest absolute Gasteiger partial charge is 0.267 e. The van der Waals surface area contributed by atoms with E-state index in [2.05, 4.69) is 9.78 Å². The molecule has 70 valence electrons. The number of aromatic amines is 1. The summed E-state index contributed by atoms with van der Waals surface area (Å²) in [5.41, 5.74) is 2.53. The fourth-order valence-electron chi connectivity index (χ4n) is 2.44. The molecule has 0 spiro atoms. The summed E-state index contributed by atoms with van der Waals surface area (Å²) in [6, 6.07) is 0.606. The van der Waals surface area contributed by atoms with Gasteiger partial charge in [-0.1, -0.05) is 0 Å². The van der Waals surface area contributed by atoms with E-state index in [0.717, 1.165) is 18.4 Å². The van der Waals surface area contributed by atoms with Gasteiger partial charge in [-0.2, -0.15) is 0 Å². The minimum absolute atomic E-state index is 0.166. The Morgan fingerprint density at radius 3 is 2.77 bits per heavy atom. The van der Waals surface area contributed by atoms with E-state index in [1.165, 1.54) is 31.4 Å². The first-order valence-corrected chi connectivity index (χ1v) is 5.18. The summed E-state index contributed by atoms with van der Waals surface area (Å²) in [5, 5.41) is 2.98. The summed E-state index contributed by atoms with van der Waals surface area (Å²) < 4.78 is 2.15. The van der Waals surface area contributed by atoms with Crippen LogP contribution in [0.25, 0.3) is 0 Å². The van der Waals surface area contributed by atoms with Crippen LogP contribution in [0.3, 0.4) is 0 Å². The summed E-state index contributed by atoms with van der Waals surface area (Å²) in [4.78, 5) is 11.5. The zero-order valence-corrected chi connectivity index (χ0v) is 7.68. The minimum Gasteiger partial charge on any atom is -0.286 e. The lowest BCUT2D eigenvalue weighted by molar-refractivity contribution is 0.281. The van der Waals surface area contributed by atoms with Crippen LogP contribution in [0.15, 0.2) is 4.79 Å². The molecule has 3 rings (SSSR count). The fourth-order valence-corrected chi connectivity index (χ4v) is 2.44. The van der Waals surface area contributed by atoms with Crippen molar-refractivity contribution in [2.45, 2.75) is 44.6 Å². The van der Waals surface area contributed by atoms with Crippen LogP contribution in [0.4, 0.5) is 0 Å². The number of hydrogen-bond acceptors (Lipinski definition) is 1. The third kappa shape index (κ3) is 0.929. The maximum absolute atomic E-state index is 11.5. The first-order valence-electron chi connectivity index (χ1n) is 5.18. The van der Waals surface area contributed by atoms with Gasteiger partial charge in [0, 0.05) is 11.3 Å². The molecule has 0 bridgehead atoms. The Bertz CT molecular complexity index is 384. The van der Waals surface area contributed by atoms with Gasteiger partial charge in [0.15, 0.2) is 0 Å². The molecule has 3 heteroatoms. The highest BCUT2D eigenvalue weighted by molar-refractivity contribution is 5.23. The van der Waals surface area contributed by atoms with Crippen molar-refractivity contribution in [3.63, 3.8) is 0 Å². The number of H-pyrrole nitrogens is 1. The van der Waals surface area contributed by atoms with E-state index >= 15 is 0 Å². The quantitative estimate of drug-likeness (QED) is 0.693. The monoisotopic (exact) mass is 178 g/mol. The van der Waals surface area contributed by atoms with Crippen LogP contribution in [0.5, 0.6) is 0 Å². The van der Waals surface area contributed by atoms with Crippen molar-refractivity contribution >= 4 is 0 Å². The zero-order valence-electron chi connectivity index (χ0n) is 7.68. The number of nitrogens with one attached hydrogen (secondary N) is 1. The van der Waals surface area contributed by atoms with Gasteiger partial charge in [0.1, 0.15) is 0 Å². The molecule has 0 amide bonds. The normalized spacial score (nSPS) is 21.5. The number of rotatable bonds is 1.